The zero-order valence-corrected chi connectivity index (χ0v) is 22.3. The number of hydrogen-bond acceptors (Lipinski definition) is 7. The molecule has 1 aliphatic heterocycles. The molecule has 1 atom stereocenters. The van der Waals surface area contributed by atoms with E-state index in [-0.39, 0.29) is 0 Å². The van der Waals surface area contributed by atoms with Crippen LogP contribution in [0.25, 0.3) is 0 Å². The van der Waals surface area contributed by atoms with Gasteiger partial charge in [0.25, 0.3) is 0 Å². The van der Waals surface area contributed by atoms with Crippen LogP contribution in [0.2, 0.25) is 0 Å². The zero-order valence-electron chi connectivity index (χ0n) is 20.7. The molecular formula is C26H38N2O3S2. The maximum Gasteiger partial charge on any atom is 0.134 e. The molecule has 1 N–H and O–H groups in total. The van der Waals surface area contributed by atoms with Crippen molar-refractivity contribution in [1.29, 1.82) is 0 Å². The van der Waals surface area contributed by atoms with E-state index in [1.807, 2.05) is 13.8 Å². The summed E-state index contributed by atoms with van der Waals surface area (Å²) >= 11 is 3.48. The number of likely N-dealkylation sites (N-methyl/N-ethyl adjacent to an activating group) is 1. The summed E-state index contributed by atoms with van der Waals surface area (Å²) in [6, 6.07) is 15.5. The Morgan fingerprint density at radius 2 is 1.94 bits per heavy atom. The summed E-state index contributed by atoms with van der Waals surface area (Å²) in [6.45, 7) is 7.38. The second kappa shape index (κ2) is 13.3. The maximum absolute atomic E-state index is 11.3. The number of rotatable bonds is 9. The SMILES string of the molecule is CCCCC1CN(c2ccccc2)c2cc(SC)c(OCC(C)(C)C=O)cc2SN1C.CO. The first-order valence-electron chi connectivity index (χ1n) is 11.4. The van der Waals surface area contributed by atoms with E-state index in [9.17, 15) is 4.79 Å². The van der Waals surface area contributed by atoms with E-state index in [2.05, 4.69) is 71.9 Å². The predicted molar refractivity (Wildman–Crippen MR) is 142 cm³/mol. The lowest BCUT2D eigenvalue weighted by Crippen LogP contribution is -2.35. The van der Waals surface area contributed by atoms with Gasteiger partial charge in [0.15, 0.2) is 0 Å². The Labute approximate surface area is 208 Å². The lowest BCUT2D eigenvalue weighted by atomic mass is 9.98. The number of unbranched alkanes of at least 4 members (excludes halogenated alkanes) is 1. The number of anilines is 2. The van der Waals surface area contributed by atoms with E-state index >= 15 is 0 Å². The molecule has 1 aliphatic rings. The van der Waals surface area contributed by atoms with Gasteiger partial charge in [-0.25, -0.2) is 4.31 Å². The van der Waals surface area contributed by atoms with Crippen LogP contribution in [-0.2, 0) is 4.79 Å². The molecule has 1 heterocycles. The number of ether oxygens (including phenoxy) is 1. The quantitative estimate of drug-likeness (QED) is 0.252. The van der Waals surface area contributed by atoms with Crippen LogP contribution < -0.4 is 9.64 Å². The molecular weight excluding hydrogens is 452 g/mol. The van der Waals surface area contributed by atoms with Gasteiger partial charge in [0.2, 0.25) is 0 Å². The molecule has 2 aromatic rings. The largest absolute Gasteiger partial charge is 0.491 e. The highest BCUT2D eigenvalue weighted by Gasteiger charge is 2.29. The minimum Gasteiger partial charge on any atom is -0.491 e. The molecule has 0 saturated heterocycles. The first-order valence-corrected chi connectivity index (χ1v) is 13.4. The summed E-state index contributed by atoms with van der Waals surface area (Å²) in [7, 11) is 3.20. The van der Waals surface area contributed by atoms with Crippen LogP contribution in [0.4, 0.5) is 11.4 Å². The standard InChI is InChI=1S/C25H34N2O2S2.CH4O/c1-6-7-11-20-16-27(19-12-9-8-10-13-19)21-14-24(30-5)22(15-23(21)31-26(20)4)29-18-25(2,3)17-28;1-2/h8-10,12-15,17,20H,6-7,11,16,18H2,1-5H3;2H,1H3. The third kappa shape index (κ3) is 7.41. The molecule has 2 aromatic carbocycles. The summed E-state index contributed by atoms with van der Waals surface area (Å²) in [6.07, 6.45) is 6.64. The van der Waals surface area contributed by atoms with Crippen molar-refractivity contribution in [3.63, 3.8) is 0 Å². The molecule has 0 aromatic heterocycles. The van der Waals surface area contributed by atoms with Gasteiger partial charge in [-0.15, -0.1) is 11.8 Å². The van der Waals surface area contributed by atoms with Crippen molar-refractivity contribution in [3.8, 4) is 5.75 Å². The van der Waals surface area contributed by atoms with Crippen LogP contribution >= 0.6 is 23.7 Å². The van der Waals surface area contributed by atoms with E-state index in [4.69, 9.17) is 9.84 Å². The highest BCUT2D eigenvalue weighted by atomic mass is 32.2. The fourth-order valence-electron chi connectivity index (χ4n) is 3.60. The van der Waals surface area contributed by atoms with Crippen LogP contribution in [0.1, 0.15) is 40.0 Å². The van der Waals surface area contributed by atoms with E-state index in [1.165, 1.54) is 35.5 Å². The molecule has 0 bridgehead atoms. The van der Waals surface area contributed by atoms with Gasteiger partial charge < -0.3 is 19.5 Å². The van der Waals surface area contributed by atoms with E-state index in [0.717, 1.165) is 30.6 Å². The smallest absolute Gasteiger partial charge is 0.134 e. The summed E-state index contributed by atoms with van der Waals surface area (Å²) in [4.78, 5) is 16.1. The fraction of sp³-hybridized carbons (Fsp3) is 0.500. The predicted octanol–water partition coefficient (Wildman–Crippen LogP) is 6.27. The molecule has 5 nitrogen and oxygen atoms in total. The summed E-state index contributed by atoms with van der Waals surface area (Å²) in [5.74, 6) is 0.849. The third-order valence-corrected chi connectivity index (χ3v) is 7.43. The first-order chi connectivity index (χ1) is 15.9. The Morgan fingerprint density at radius 1 is 1.24 bits per heavy atom. The Balaban J connectivity index is 0.00000187. The highest BCUT2D eigenvalue weighted by Crippen LogP contribution is 2.46. The molecule has 7 heteroatoms. The Hall–Kier alpha value is -1.67. The van der Waals surface area contributed by atoms with Crippen molar-refractivity contribution in [2.45, 2.75) is 55.9 Å². The molecule has 0 fully saturated rings. The Kier molecular flexibility index (Phi) is 11.1. The fourth-order valence-corrected chi connectivity index (χ4v) is 5.21. The van der Waals surface area contributed by atoms with Crippen LogP contribution in [0, 0.1) is 5.41 Å². The van der Waals surface area contributed by atoms with Gasteiger partial charge in [0.1, 0.15) is 12.0 Å². The first kappa shape index (κ1) is 27.6. The van der Waals surface area contributed by atoms with Gasteiger partial charge in [-0.05, 0) is 69.8 Å². The number of hydrogen-bond donors (Lipinski definition) is 1. The molecule has 0 aliphatic carbocycles. The van der Waals surface area contributed by atoms with Crippen LogP contribution in [-0.4, -0.2) is 55.3 Å². The van der Waals surface area contributed by atoms with Crippen LogP contribution in [0.5, 0.6) is 5.75 Å². The molecule has 1 unspecified atom stereocenters. The Morgan fingerprint density at radius 3 is 2.55 bits per heavy atom. The van der Waals surface area contributed by atoms with E-state index < -0.39 is 5.41 Å². The van der Waals surface area contributed by atoms with Gasteiger partial charge in [-0.1, -0.05) is 38.0 Å². The molecule has 3 rings (SSSR count). The van der Waals surface area contributed by atoms with Crippen LogP contribution in [0.3, 0.4) is 0 Å². The van der Waals surface area contributed by atoms with Crippen molar-refractivity contribution in [3.05, 3.63) is 42.5 Å². The van der Waals surface area contributed by atoms with Crippen molar-refractivity contribution < 1.29 is 14.6 Å². The lowest BCUT2D eigenvalue weighted by molar-refractivity contribution is -0.116. The third-order valence-electron chi connectivity index (χ3n) is 5.56. The zero-order chi connectivity index (χ0) is 24.4. The number of fused-ring (bicyclic) bond motifs is 1. The minimum atomic E-state index is -0.506. The summed E-state index contributed by atoms with van der Waals surface area (Å²) in [5.41, 5.74) is 1.92. The highest BCUT2D eigenvalue weighted by molar-refractivity contribution is 7.98. The average Bonchev–Trinajstić information content (AvgIpc) is 2.98. The number of benzene rings is 2. The minimum absolute atomic E-state index is 0.366. The number of carbonyl (C=O) groups is 1. The van der Waals surface area contributed by atoms with Gasteiger partial charge in [0, 0.05) is 25.4 Å². The molecule has 0 amide bonds. The van der Waals surface area contributed by atoms with Crippen molar-refractivity contribution in [2.75, 3.05) is 38.5 Å². The molecule has 0 saturated carbocycles. The van der Waals surface area contributed by atoms with Gasteiger partial charge in [-0.2, -0.15) is 0 Å². The van der Waals surface area contributed by atoms with Crippen molar-refractivity contribution in [2.24, 2.45) is 5.41 Å². The molecule has 0 radical (unpaired) electrons. The van der Waals surface area contributed by atoms with Gasteiger partial charge >= 0.3 is 0 Å². The van der Waals surface area contributed by atoms with Gasteiger partial charge in [-0.3, -0.25) is 0 Å². The van der Waals surface area contributed by atoms with Crippen LogP contribution in [0.15, 0.2) is 52.3 Å². The van der Waals surface area contributed by atoms with Gasteiger partial charge in [0.05, 0.1) is 27.5 Å². The monoisotopic (exact) mass is 490 g/mol. The van der Waals surface area contributed by atoms with E-state index in [1.54, 1.807) is 23.7 Å². The average molecular weight is 491 g/mol. The summed E-state index contributed by atoms with van der Waals surface area (Å²) in [5, 5.41) is 7.00. The lowest BCUT2D eigenvalue weighted by Gasteiger charge is -2.30. The summed E-state index contributed by atoms with van der Waals surface area (Å²) < 4.78 is 8.55. The number of aliphatic hydroxyl groups excluding tert-OH is 1. The number of aldehydes is 1. The number of para-hydroxylation sites is 1. The number of carbonyl (C=O) groups excluding carboxylic acids is 1. The topological polar surface area (TPSA) is 53.0 Å². The molecule has 0 spiro atoms. The molecule has 33 heavy (non-hydrogen) atoms. The normalized spacial score (nSPS) is 16.3. The number of aliphatic hydroxyl groups is 1. The maximum atomic E-state index is 11.3. The Bertz CT molecular complexity index is 877. The number of thioether (sulfide) groups is 1. The van der Waals surface area contributed by atoms with Crippen molar-refractivity contribution >= 4 is 41.4 Å². The second-order valence-electron chi connectivity index (χ2n) is 8.75. The molecule has 182 valence electrons. The van der Waals surface area contributed by atoms with Crippen molar-refractivity contribution in [1.82, 2.24) is 4.31 Å². The second-order valence-corrected chi connectivity index (χ2v) is 10.8. The number of nitrogens with zero attached hydrogens (tertiary/aromatic N) is 2. The van der Waals surface area contributed by atoms with E-state index in [0.29, 0.717) is 12.6 Å².